The number of ether oxygens (including phenoxy) is 2. The summed E-state index contributed by atoms with van der Waals surface area (Å²) in [5, 5.41) is 0. The normalized spacial score (nSPS) is 22.9. The molecule has 1 rings (SSSR count). The maximum atomic E-state index is 5.87. The first-order chi connectivity index (χ1) is 7.83. The van der Waals surface area contributed by atoms with Gasteiger partial charge in [-0.1, -0.05) is 6.92 Å². The molecule has 2 N–H and O–H groups in total. The average Bonchev–Trinajstić information content (AvgIpc) is 2.82. The fourth-order valence-electron chi connectivity index (χ4n) is 2.33. The Hall–Kier alpha value is -0.160. The van der Waals surface area contributed by atoms with E-state index in [0.717, 1.165) is 39.3 Å². The van der Waals surface area contributed by atoms with Gasteiger partial charge in [0.2, 0.25) is 0 Å². The third-order valence-corrected chi connectivity index (χ3v) is 3.24. The van der Waals surface area contributed by atoms with Crippen molar-refractivity contribution in [1.82, 2.24) is 4.90 Å². The van der Waals surface area contributed by atoms with Crippen molar-refractivity contribution in [3.05, 3.63) is 0 Å². The molecule has 2 atom stereocenters. The Bertz CT molecular complexity index is 172. The molecule has 1 aliphatic heterocycles. The molecule has 0 aliphatic carbocycles. The number of rotatable bonds is 8. The molecule has 1 aliphatic rings. The van der Waals surface area contributed by atoms with Crippen LogP contribution >= 0.6 is 0 Å². The molecule has 0 bridgehead atoms. The SMILES string of the molecule is CCOCCN(CC)C(CN)C1CCCO1. The molecule has 0 saturated carbocycles. The minimum absolute atomic E-state index is 0.326. The topological polar surface area (TPSA) is 47.7 Å². The lowest BCUT2D eigenvalue weighted by atomic mass is 10.1. The Morgan fingerprint density at radius 1 is 1.50 bits per heavy atom. The maximum Gasteiger partial charge on any atom is 0.0743 e. The van der Waals surface area contributed by atoms with E-state index in [-0.39, 0.29) is 0 Å². The highest BCUT2D eigenvalue weighted by Crippen LogP contribution is 2.19. The van der Waals surface area contributed by atoms with E-state index in [9.17, 15) is 0 Å². The Morgan fingerprint density at radius 3 is 2.81 bits per heavy atom. The van der Waals surface area contributed by atoms with Gasteiger partial charge in [-0.05, 0) is 26.3 Å². The van der Waals surface area contributed by atoms with Gasteiger partial charge in [0.05, 0.1) is 12.7 Å². The van der Waals surface area contributed by atoms with E-state index in [1.165, 1.54) is 6.42 Å². The van der Waals surface area contributed by atoms with E-state index >= 15 is 0 Å². The van der Waals surface area contributed by atoms with Crippen LogP contribution in [0.4, 0.5) is 0 Å². The standard InChI is InChI=1S/C12H26N2O2/c1-3-14(7-9-15-4-2)11(10-13)12-6-5-8-16-12/h11-12H,3-10,13H2,1-2H3. The van der Waals surface area contributed by atoms with E-state index in [4.69, 9.17) is 15.2 Å². The number of nitrogens with zero attached hydrogens (tertiary/aromatic N) is 1. The lowest BCUT2D eigenvalue weighted by Crippen LogP contribution is -2.49. The fraction of sp³-hybridized carbons (Fsp3) is 1.00. The van der Waals surface area contributed by atoms with Crippen LogP contribution < -0.4 is 5.73 Å². The molecule has 2 unspecified atom stereocenters. The van der Waals surface area contributed by atoms with Crippen molar-refractivity contribution in [3.63, 3.8) is 0 Å². The zero-order valence-electron chi connectivity index (χ0n) is 10.7. The van der Waals surface area contributed by atoms with Crippen molar-refractivity contribution >= 4 is 0 Å². The highest BCUT2D eigenvalue weighted by molar-refractivity contribution is 4.83. The molecule has 4 heteroatoms. The molecule has 0 aromatic rings. The molecule has 0 spiro atoms. The summed E-state index contributed by atoms with van der Waals surface area (Å²) in [5.74, 6) is 0. The predicted octanol–water partition coefficient (Wildman–Crippen LogP) is 0.851. The predicted molar refractivity (Wildman–Crippen MR) is 65.6 cm³/mol. The van der Waals surface area contributed by atoms with Crippen molar-refractivity contribution in [1.29, 1.82) is 0 Å². The zero-order valence-corrected chi connectivity index (χ0v) is 10.7. The summed E-state index contributed by atoms with van der Waals surface area (Å²) >= 11 is 0. The number of likely N-dealkylation sites (N-methyl/N-ethyl adjacent to an activating group) is 1. The van der Waals surface area contributed by atoms with Crippen LogP contribution in [0.3, 0.4) is 0 Å². The lowest BCUT2D eigenvalue weighted by Gasteiger charge is -2.33. The third kappa shape index (κ3) is 4.01. The van der Waals surface area contributed by atoms with Crippen LogP contribution in [-0.2, 0) is 9.47 Å². The number of hydrogen-bond donors (Lipinski definition) is 1. The molecule has 1 fully saturated rings. The van der Waals surface area contributed by atoms with Crippen LogP contribution in [-0.4, -0.2) is 56.5 Å². The van der Waals surface area contributed by atoms with Gasteiger partial charge in [-0.25, -0.2) is 0 Å². The van der Waals surface area contributed by atoms with Gasteiger partial charge >= 0.3 is 0 Å². The minimum atomic E-state index is 0.326. The second kappa shape index (κ2) is 8.01. The van der Waals surface area contributed by atoms with Gasteiger partial charge in [0.1, 0.15) is 0 Å². The van der Waals surface area contributed by atoms with Crippen LogP contribution in [0.1, 0.15) is 26.7 Å². The highest BCUT2D eigenvalue weighted by Gasteiger charge is 2.28. The minimum Gasteiger partial charge on any atom is -0.380 e. The summed E-state index contributed by atoms with van der Waals surface area (Å²) in [6.45, 7) is 9.29. The number of hydrogen-bond acceptors (Lipinski definition) is 4. The lowest BCUT2D eigenvalue weighted by molar-refractivity contribution is 0.0159. The molecule has 16 heavy (non-hydrogen) atoms. The first-order valence-corrected chi connectivity index (χ1v) is 6.46. The fourth-order valence-corrected chi connectivity index (χ4v) is 2.33. The second-order valence-corrected chi connectivity index (χ2v) is 4.18. The summed E-state index contributed by atoms with van der Waals surface area (Å²) in [5.41, 5.74) is 5.87. The monoisotopic (exact) mass is 230 g/mol. The summed E-state index contributed by atoms with van der Waals surface area (Å²) in [6, 6.07) is 0.355. The Kier molecular flexibility index (Phi) is 6.96. The molecular formula is C12H26N2O2. The smallest absolute Gasteiger partial charge is 0.0743 e. The average molecular weight is 230 g/mol. The van der Waals surface area contributed by atoms with E-state index < -0.39 is 0 Å². The molecule has 96 valence electrons. The van der Waals surface area contributed by atoms with Gasteiger partial charge in [-0.3, -0.25) is 4.90 Å². The van der Waals surface area contributed by atoms with Crippen molar-refractivity contribution in [2.24, 2.45) is 5.73 Å². The van der Waals surface area contributed by atoms with Gasteiger partial charge in [-0.2, -0.15) is 0 Å². The first kappa shape index (κ1) is 13.9. The quantitative estimate of drug-likeness (QED) is 0.628. The van der Waals surface area contributed by atoms with Gasteiger partial charge in [0.25, 0.3) is 0 Å². The Morgan fingerprint density at radius 2 is 2.31 bits per heavy atom. The Labute approximate surface area is 99.1 Å². The first-order valence-electron chi connectivity index (χ1n) is 6.46. The zero-order chi connectivity index (χ0) is 11.8. The van der Waals surface area contributed by atoms with Crippen LogP contribution in [0, 0.1) is 0 Å². The molecule has 4 nitrogen and oxygen atoms in total. The van der Waals surface area contributed by atoms with E-state index in [1.54, 1.807) is 0 Å². The van der Waals surface area contributed by atoms with E-state index in [2.05, 4.69) is 11.8 Å². The second-order valence-electron chi connectivity index (χ2n) is 4.18. The summed E-state index contributed by atoms with van der Waals surface area (Å²) in [7, 11) is 0. The van der Waals surface area contributed by atoms with Crippen LogP contribution in [0.5, 0.6) is 0 Å². The van der Waals surface area contributed by atoms with Gasteiger partial charge < -0.3 is 15.2 Å². The molecule has 0 amide bonds. The summed E-state index contributed by atoms with van der Waals surface area (Å²) in [6.07, 6.45) is 2.64. The highest BCUT2D eigenvalue weighted by atomic mass is 16.5. The van der Waals surface area contributed by atoms with Gasteiger partial charge in [0.15, 0.2) is 0 Å². The molecule has 0 aromatic heterocycles. The molecule has 0 aromatic carbocycles. The van der Waals surface area contributed by atoms with E-state index in [1.807, 2.05) is 6.92 Å². The number of nitrogens with two attached hydrogens (primary N) is 1. The molecular weight excluding hydrogens is 204 g/mol. The van der Waals surface area contributed by atoms with Crippen LogP contribution in [0.2, 0.25) is 0 Å². The van der Waals surface area contributed by atoms with Crippen LogP contribution in [0.25, 0.3) is 0 Å². The van der Waals surface area contributed by atoms with Crippen molar-refractivity contribution in [2.75, 3.05) is 39.5 Å². The maximum absolute atomic E-state index is 5.87. The van der Waals surface area contributed by atoms with Gasteiger partial charge in [-0.15, -0.1) is 0 Å². The third-order valence-electron chi connectivity index (χ3n) is 3.24. The molecule has 0 radical (unpaired) electrons. The van der Waals surface area contributed by atoms with E-state index in [0.29, 0.717) is 18.7 Å². The van der Waals surface area contributed by atoms with Crippen LogP contribution in [0.15, 0.2) is 0 Å². The largest absolute Gasteiger partial charge is 0.380 e. The Balaban J connectivity index is 2.39. The van der Waals surface area contributed by atoms with Crippen molar-refractivity contribution < 1.29 is 9.47 Å². The van der Waals surface area contributed by atoms with Crippen molar-refractivity contribution in [2.45, 2.75) is 38.8 Å². The summed E-state index contributed by atoms with van der Waals surface area (Å²) < 4.78 is 11.1. The van der Waals surface area contributed by atoms with Gasteiger partial charge in [0, 0.05) is 32.3 Å². The molecule has 1 saturated heterocycles. The summed E-state index contributed by atoms with van der Waals surface area (Å²) in [4.78, 5) is 2.38. The molecule has 1 heterocycles. The van der Waals surface area contributed by atoms with Crippen molar-refractivity contribution in [3.8, 4) is 0 Å².